The molecule has 6 heteroatoms. The van der Waals surface area contributed by atoms with Crippen molar-refractivity contribution in [3.63, 3.8) is 0 Å². The van der Waals surface area contributed by atoms with Gasteiger partial charge in [0, 0.05) is 12.3 Å². The van der Waals surface area contributed by atoms with Gasteiger partial charge in [0.25, 0.3) is 5.56 Å². The van der Waals surface area contributed by atoms with Gasteiger partial charge in [-0.3, -0.25) is 4.79 Å². The van der Waals surface area contributed by atoms with E-state index in [0.29, 0.717) is 10.6 Å². The molecule has 0 amide bonds. The minimum absolute atomic E-state index is 0.0745. The molecule has 0 aliphatic carbocycles. The number of hydrogen-bond donors (Lipinski definition) is 0. The zero-order valence-corrected chi connectivity index (χ0v) is 11.4. The predicted octanol–water partition coefficient (Wildman–Crippen LogP) is 2.28. The molecule has 96 valence electrons. The molecule has 0 saturated carbocycles. The van der Waals surface area contributed by atoms with Crippen LogP contribution in [0.4, 0.5) is 0 Å². The van der Waals surface area contributed by atoms with Gasteiger partial charge in [-0.25, -0.2) is 4.68 Å². The summed E-state index contributed by atoms with van der Waals surface area (Å²) in [7, 11) is 0. The molecule has 0 spiro atoms. The maximum Gasteiger partial charge on any atom is 0.280 e. The molecule has 0 atom stereocenters. The molecule has 5 nitrogen and oxygen atoms in total. The Morgan fingerprint density at radius 1 is 1.33 bits per heavy atom. The second-order valence-electron chi connectivity index (χ2n) is 4.85. The van der Waals surface area contributed by atoms with Gasteiger partial charge in [-0.2, -0.15) is 5.10 Å². The lowest BCUT2D eigenvalue weighted by Gasteiger charge is -2.20. The van der Waals surface area contributed by atoms with E-state index in [1.165, 1.54) is 16.4 Å². The third kappa shape index (κ3) is 2.81. The Morgan fingerprint density at radius 2 is 2.11 bits per heavy atom. The summed E-state index contributed by atoms with van der Waals surface area (Å²) in [5.74, 6) is 1.34. The lowest BCUT2D eigenvalue weighted by molar-refractivity contribution is 0.333. The highest BCUT2D eigenvalue weighted by Crippen LogP contribution is 2.19. The summed E-state index contributed by atoms with van der Waals surface area (Å²) in [6, 6.07) is 3.52. The van der Waals surface area contributed by atoms with E-state index in [1.54, 1.807) is 24.5 Å². The van der Waals surface area contributed by atoms with Crippen LogP contribution in [0.25, 0.3) is 0 Å². The van der Waals surface area contributed by atoms with Gasteiger partial charge in [-0.1, -0.05) is 5.16 Å². The average molecular weight is 265 g/mol. The Balaban J connectivity index is 2.22. The SMILES string of the molecule is CC(C)(C)n1nccc(SCc2ccno2)c1=O. The fraction of sp³-hybridized carbons (Fsp3) is 0.417. The van der Waals surface area contributed by atoms with Crippen molar-refractivity contribution in [1.82, 2.24) is 14.9 Å². The molecule has 2 rings (SSSR count). The molecule has 2 aromatic heterocycles. The van der Waals surface area contributed by atoms with E-state index in [4.69, 9.17) is 4.52 Å². The fourth-order valence-corrected chi connectivity index (χ4v) is 2.26. The maximum atomic E-state index is 12.2. The van der Waals surface area contributed by atoms with Crippen LogP contribution in [0.3, 0.4) is 0 Å². The largest absolute Gasteiger partial charge is 0.361 e. The van der Waals surface area contributed by atoms with Gasteiger partial charge in [0.1, 0.15) is 5.76 Å². The van der Waals surface area contributed by atoms with E-state index in [-0.39, 0.29) is 11.1 Å². The molecule has 0 N–H and O–H groups in total. The quantitative estimate of drug-likeness (QED) is 0.797. The molecule has 0 fully saturated rings. The highest BCUT2D eigenvalue weighted by molar-refractivity contribution is 7.98. The summed E-state index contributed by atoms with van der Waals surface area (Å²) in [4.78, 5) is 12.9. The Morgan fingerprint density at radius 3 is 2.72 bits per heavy atom. The third-order valence-corrected chi connectivity index (χ3v) is 3.36. The Labute approximate surface area is 109 Å². The van der Waals surface area contributed by atoms with Crippen LogP contribution in [0.2, 0.25) is 0 Å². The molecule has 0 aromatic carbocycles. The molecule has 0 saturated heterocycles. The molecule has 0 radical (unpaired) electrons. The van der Waals surface area contributed by atoms with Gasteiger partial charge in [-0.05, 0) is 26.8 Å². The second kappa shape index (κ2) is 4.97. The minimum Gasteiger partial charge on any atom is -0.361 e. The number of aromatic nitrogens is 3. The number of rotatable bonds is 3. The van der Waals surface area contributed by atoms with Crippen LogP contribution in [0, 0.1) is 0 Å². The summed E-state index contributed by atoms with van der Waals surface area (Å²) >= 11 is 1.43. The third-order valence-electron chi connectivity index (χ3n) is 2.31. The van der Waals surface area contributed by atoms with Crippen molar-refractivity contribution in [1.29, 1.82) is 0 Å². The zero-order chi connectivity index (χ0) is 13.2. The molecule has 0 aliphatic heterocycles. The molecule has 18 heavy (non-hydrogen) atoms. The summed E-state index contributed by atoms with van der Waals surface area (Å²) in [6.45, 7) is 5.85. The van der Waals surface area contributed by atoms with Crippen molar-refractivity contribution in [2.24, 2.45) is 0 Å². The fourth-order valence-electron chi connectivity index (χ4n) is 1.45. The zero-order valence-electron chi connectivity index (χ0n) is 10.6. The maximum absolute atomic E-state index is 12.2. The minimum atomic E-state index is -0.320. The van der Waals surface area contributed by atoms with Gasteiger partial charge in [-0.15, -0.1) is 11.8 Å². The molecular weight excluding hydrogens is 250 g/mol. The molecule has 2 aromatic rings. The van der Waals surface area contributed by atoms with Crippen molar-refractivity contribution < 1.29 is 4.52 Å². The number of hydrogen-bond acceptors (Lipinski definition) is 5. The van der Waals surface area contributed by atoms with Crippen LogP contribution in [0.15, 0.2) is 38.7 Å². The molecule has 0 unspecified atom stereocenters. The van der Waals surface area contributed by atoms with Crippen LogP contribution < -0.4 is 5.56 Å². The molecular formula is C12H15N3O2S. The van der Waals surface area contributed by atoms with Gasteiger partial charge < -0.3 is 4.52 Å². The number of thioether (sulfide) groups is 1. The second-order valence-corrected chi connectivity index (χ2v) is 5.87. The predicted molar refractivity (Wildman–Crippen MR) is 69.6 cm³/mol. The highest BCUT2D eigenvalue weighted by atomic mass is 32.2. The Kier molecular flexibility index (Phi) is 3.56. The van der Waals surface area contributed by atoms with Gasteiger partial charge in [0.15, 0.2) is 0 Å². The standard InChI is InChI=1S/C12H15N3O2S/c1-12(2,3)15-11(16)10(5-6-13-15)18-8-9-4-7-14-17-9/h4-7H,8H2,1-3H3. The summed E-state index contributed by atoms with van der Waals surface area (Å²) < 4.78 is 6.49. The van der Waals surface area contributed by atoms with E-state index in [1.807, 2.05) is 20.8 Å². The molecule has 0 aliphatic rings. The van der Waals surface area contributed by atoms with E-state index >= 15 is 0 Å². The first-order valence-electron chi connectivity index (χ1n) is 5.59. The first-order chi connectivity index (χ1) is 8.48. The average Bonchev–Trinajstić information content (AvgIpc) is 2.79. The molecule has 0 bridgehead atoms. The van der Waals surface area contributed by atoms with Crippen molar-refractivity contribution in [2.75, 3.05) is 0 Å². The van der Waals surface area contributed by atoms with Crippen LogP contribution in [0.5, 0.6) is 0 Å². The smallest absolute Gasteiger partial charge is 0.280 e. The summed E-state index contributed by atoms with van der Waals surface area (Å²) in [6.07, 6.45) is 3.24. The van der Waals surface area contributed by atoms with Crippen molar-refractivity contribution >= 4 is 11.8 Å². The Hall–Kier alpha value is -1.56. The molecule has 2 heterocycles. The van der Waals surface area contributed by atoms with Gasteiger partial charge >= 0.3 is 0 Å². The highest BCUT2D eigenvalue weighted by Gasteiger charge is 2.17. The Bertz CT molecular complexity index is 570. The van der Waals surface area contributed by atoms with Gasteiger partial charge in [0.05, 0.1) is 22.4 Å². The van der Waals surface area contributed by atoms with Gasteiger partial charge in [0.2, 0.25) is 0 Å². The topological polar surface area (TPSA) is 60.9 Å². The van der Waals surface area contributed by atoms with E-state index < -0.39 is 0 Å². The normalized spacial score (nSPS) is 11.7. The van der Waals surface area contributed by atoms with Crippen molar-refractivity contribution in [3.8, 4) is 0 Å². The summed E-state index contributed by atoms with van der Waals surface area (Å²) in [5.41, 5.74) is -0.394. The first-order valence-corrected chi connectivity index (χ1v) is 6.58. The van der Waals surface area contributed by atoms with Crippen molar-refractivity contribution in [3.05, 3.63) is 40.6 Å². The van der Waals surface area contributed by atoms with Crippen LogP contribution in [0.1, 0.15) is 26.5 Å². The first kappa shape index (κ1) is 12.9. The van der Waals surface area contributed by atoms with Crippen LogP contribution >= 0.6 is 11.8 Å². The summed E-state index contributed by atoms with van der Waals surface area (Å²) in [5, 5.41) is 7.74. The van der Waals surface area contributed by atoms with E-state index in [2.05, 4.69) is 10.3 Å². The number of nitrogens with zero attached hydrogens (tertiary/aromatic N) is 3. The lowest BCUT2D eigenvalue weighted by Crippen LogP contribution is -2.36. The van der Waals surface area contributed by atoms with Crippen LogP contribution in [-0.4, -0.2) is 14.9 Å². The van der Waals surface area contributed by atoms with E-state index in [0.717, 1.165) is 5.76 Å². The van der Waals surface area contributed by atoms with E-state index in [9.17, 15) is 4.79 Å². The van der Waals surface area contributed by atoms with Crippen molar-refractivity contribution in [2.45, 2.75) is 37.0 Å². The monoisotopic (exact) mass is 265 g/mol. The van der Waals surface area contributed by atoms with Crippen LogP contribution in [-0.2, 0) is 11.3 Å². The lowest BCUT2D eigenvalue weighted by atomic mass is 10.1.